The lowest BCUT2D eigenvalue weighted by Crippen LogP contribution is -2.57. The van der Waals surface area contributed by atoms with Gasteiger partial charge in [-0.15, -0.1) is 0 Å². The van der Waals surface area contributed by atoms with E-state index in [2.05, 4.69) is 10.6 Å². The number of halogens is 1. The number of benzene rings is 1. The molecule has 6 nitrogen and oxygen atoms in total. The van der Waals surface area contributed by atoms with Gasteiger partial charge in [-0.2, -0.15) is 5.26 Å². The van der Waals surface area contributed by atoms with Gasteiger partial charge in [-0.3, -0.25) is 4.79 Å². The summed E-state index contributed by atoms with van der Waals surface area (Å²) in [7, 11) is 0. The molecular formula is C18H22ClN3O3. The summed E-state index contributed by atoms with van der Waals surface area (Å²) in [5.74, 6) is -1.04. The van der Waals surface area contributed by atoms with Crippen LogP contribution < -0.4 is 10.6 Å². The fourth-order valence-corrected chi connectivity index (χ4v) is 3.77. The van der Waals surface area contributed by atoms with Crippen LogP contribution in [0.25, 0.3) is 0 Å². The number of carboxylic acids is 1. The molecule has 0 bridgehead atoms. The van der Waals surface area contributed by atoms with Crippen molar-refractivity contribution < 1.29 is 14.7 Å². The Morgan fingerprint density at radius 2 is 2.16 bits per heavy atom. The lowest BCUT2D eigenvalue weighted by atomic mass is 9.53. The molecule has 0 saturated heterocycles. The molecular weight excluding hydrogens is 342 g/mol. The first kappa shape index (κ1) is 19.1. The minimum atomic E-state index is -0.782. The zero-order valence-corrected chi connectivity index (χ0v) is 15.2. The van der Waals surface area contributed by atoms with E-state index in [1.54, 1.807) is 18.2 Å². The summed E-state index contributed by atoms with van der Waals surface area (Å²) >= 11 is 5.97. The van der Waals surface area contributed by atoms with E-state index in [1.165, 1.54) is 0 Å². The Morgan fingerprint density at radius 3 is 2.68 bits per heavy atom. The van der Waals surface area contributed by atoms with Crippen molar-refractivity contribution in [3.8, 4) is 6.07 Å². The third kappa shape index (κ3) is 4.05. The Bertz CT molecular complexity index is 727. The third-order valence-electron chi connectivity index (χ3n) is 5.21. The van der Waals surface area contributed by atoms with Gasteiger partial charge in [-0.25, -0.2) is 4.79 Å². The molecule has 1 aliphatic carbocycles. The summed E-state index contributed by atoms with van der Waals surface area (Å²) in [6.45, 7) is 6.03. The van der Waals surface area contributed by atoms with Gasteiger partial charge in [-0.05, 0) is 42.4 Å². The van der Waals surface area contributed by atoms with Crippen LogP contribution in [0.2, 0.25) is 5.02 Å². The topological polar surface area (TPSA) is 102 Å². The Labute approximate surface area is 152 Å². The van der Waals surface area contributed by atoms with Gasteiger partial charge in [0, 0.05) is 12.6 Å². The number of aliphatic carboxylic acids is 1. The summed E-state index contributed by atoms with van der Waals surface area (Å²) in [4.78, 5) is 23.3. The third-order valence-corrected chi connectivity index (χ3v) is 5.52. The monoisotopic (exact) mass is 363 g/mol. The molecule has 0 aliphatic heterocycles. The molecule has 1 fully saturated rings. The Hall–Kier alpha value is -2.26. The van der Waals surface area contributed by atoms with Crippen molar-refractivity contribution in [3.05, 3.63) is 34.3 Å². The number of nitrogens with zero attached hydrogens (tertiary/aromatic N) is 1. The van der Waals surface area contributed by atoms with E-state index in [4.69, 9.17) is 16.9 Å². The zero-order chi connectivity index (χ0) is 18.8. The fraction of sp³-hybridized carbons (Fsp3) is 0.500. The first-order valence-corrected chi connectivity index (χ1v) is 8.50. The largest absolute Gasteiger partial charge is 0.481 e. The van der Waals surface area contributed by atoms with E-state index in [1.807, 2.05) is 26.8 Å². The van der Waals surface area contributed by atoms with Gasteiger partial charge in [0.15, 0.2) is 0 Å². The molecule has 1 aromatic carbocycles. The van der Waals surface area contributed by atoms with Crippen LogP contribution in [0.3, 0.4) is 0 Å². The van der Waals surface area contributed by atoms with Crippen LogP contribution in [-0.2, 0) is 11.3 Å². The summed E-state index contributed by atoms with van der Waals surface area (Å²) < 4.78 is 0. The average Bonchev–Trinajstić information content (AvgIpc) is 2.51. The Morgan fingerprint density at radius 1 is 1.48 bits per heavy atom. The molecule has 25 heavy (non-hydrogen) atoms. The van der Waals surface area contributed by atoms with E-state index >= 15 is 0 Å². The summed E-state index contributed by atoms with van der Waals surface area (Å²) in [5.41, 5.74) is 0.838. The summed E-state index contributed by atoms with van der Waals surface area (Å²) in [6.07, 6.45) is 0.564. The summed E-state index contributed by atoms with van der Waals surface area (Å²) in [5, 5.41) is 24.0. The van der Waals surface area contributed by atoms with Gasteiger partial charge < -0.3 is 15.7 Å². The van der Waals surface area contributed by atoms with Crippen molar-refractivity contribution in [2.45, 2.75) is 39.8 Å². The van der Waals surface area contributed by atoms with Crippen LogP contribution in [-0.4, -0.2) is 23.1 Å². The maximum Gasteiger partial charge on any atom is 0.315 e. The van der Waals surface area contributed by atoms with Gasteiger partial charge >= 0.3 is 12.0 Å². The van der Waals surface area contributed by atoms with Crippen molar-refractivity contribution in [2.24, 2.45) is 17.3 Å². The minimum Gasteiger partial charge on any atom is -0.481 e. The highest BCUT2D eigenvalue weighted by molar-refractivity contribution is 6.31. The predicted octanol–water partition coefficient (Wildman–Crippen LogP) is 3.15. The second kappa shape index (κ2) is 7.32. The van der Waals surface area contributed by atoms with Crippen molar-refractivity contribution in [1.82, 2.24) is 10.6 Å². The van der Waals surface area contributed by atoms with Crippen molar-refractivity contribution in [3.63, 3.8) is 0 Å². The van der Waals surface area contributed by atoms with Crippen LogP contribution >= 0.6 is 11.6 Å². The number of rotatable bonds is 5. The number of amides is 2. The maximum absolute atomic E-state index is 12.1. The molecule has 134 valence electrons. The number of carbonyl (C=O) groups excluding carboxylic acids is 1. The molecule has 1 aliphatic rings. The Balaban J connectivity index is 1.86. The van der Waals surface area contributed by atoms with Crippen LogP contribution in [0.4, 0.5) is 4.79 Å². The molecule has 0 radical (unpaired) electrons. The van der Waals surface area contributed by atoms with E-state index in [0.717, 1.165) is 5.56 Å². The van der Waals surface area contributed by atoms with Crippen LogP contribution in [0.1, 0.15) is 38.3 Å². The molecule has 7 heteroatoms. The number of carbonyl (C=O) groups is 2. The zero-order valence-electron chi connectivity index (χ0n) is 14.5. The number of hydrogen-bond acceptors (Lipinski definition) is 3. The summed E-state index contributed by atoms with van der Waals surface area (Å²) in [6, 6.07) is 6.54. The molecule has 3 atom stereocenters. The predicted molar refractivity (Wildman–Crippen MR) is 94.0 cm³/mol. The Kier molecular flexibility index (Phi) is 5.58. The van der Waals surface area contributed by atoms with E-state index in [9.17, 15) is 14.7 Å². The smallest absolute Gasteiger partial charge is 0.315 e. The van der Waals surface area contributed by atoms with Crippen molar-refractivity contribution >= 4 is 23.6 Å². The highest BCUT2D eigenvalue weighted by Crippen LogP contribution is 2.52. The normalized spacial score (nSPS) is 22.2. The molecule has 0 spiro atoms. The average molecular weight is 364 g/mol. The number of urea groups is 1. The molecule has 0 aromatic heterocycles. The van der Waals surface area contributed by atoms with E-state index in [0.29, 0.717) is 17.0 Å². The van der Waals surface area contributed by atoms with Gasteiger partial charge in [0.2, 0.25) is 0 Å². The molecule has 1 unspecified atom stereocenters. The number of nitrogens with one attached hydrogen (secondary N) is 2. The van der Waals surface area contributed by atoms with Gasteiger partial charge in [-0.1, -0.05) is 31.5 Å². The maximum atomic E-state index is 12.1. The quantitative estimate of drug-likeness (QED) is 0.747. The molecule has 1 aromatic rings. The molecule has 2 rings (SSSR count). The highest BCUT2D eigenvalue weighted by atomic mass is 35.5. The van der Waals surface area contributed by atoms with Crippen LogP contribution in [0, 0.1) is 28.6 Å². The SMILES string of the molecule is CC(NC(=O)NCc1ccc(C#N)c(Cl)c1)[C@@H]1C[C@H](C(=O)O)C1(C)C. The van der Waals surface area contributed by atoms with E-state index < -0.39 is 5.97 Å². The molecule has 3 N–H and O–H groups in total. The minimum absolute atomic E-state index is 0.115. The number of nitriles is 1. The van der Waals surface area contributed by atoms with Gasteiger partial charge in [0.05, 0.1) is 16.5 Å². The van der Waals surface area contributed by atoms with Crippen LogP contribution in [0.5, 0.6) is 0 Å². The number of carboxylic acid groups (broad SMARTS) is 1. The fourth-order valence-electron chi connectivity index (χ4n) is 3.53. The highest BCUT2D eigenvalue weighted by Gasteiger charge is 2.53. The standard InChI is InChI=1S/C18H22ClN3O3/c1-10(13-7-14(16(23)24)18(13,2)3)22-17(25)21-9-11-4-5-12(8-20)15(19)6-11/h4-6,10,13-14H,7,9H2,1-3H3,(H,23,24)(H2,21,22,25)/t10?,13-,14+/m0/s1. The molecule has 0 heterocycles. The lowest BCUT2D eigenvalue weighted by molar-refractivity contribution is -0.160. The van der Waals surface area contributed by atoms with Crippen LogP contribution in [0.15, 0.2) is 18.2 Å². The number of hydrogen-bond donors (Lipinski definition) is 3. The first-order chi connectivity index (χ1) is 11.7. The molecule has 2 amide bonds. The van der Waals surface area contributed by atoms with Gasteiger partial charge in [0.25, 0.3) is 0 Å². The van der Waals surface area contributed by atoms with Crippen molar-refractivity contribution in [2.75, 3.05) is 0 Å². The second-order valence-electron chi connectivity index (χ2n) is 7.10. The van der Waals surface area contributed by atoms with E-state index in [-0.39, 0.29) is 35.9 Å². The second-order valence-corrected chi connectivity index (χ2v) is 7.50. The molecule has 1 saturated carbocycles. The van der Waals surface area contributed by atoms with Gasteiger partial charge in [0.1, 0.15) is 6.07 Å². The lowest BCUT2D eigenvalue weighted by Gasteiger charge is -2.52. The first-order valence-electron chi connectivity index (χ1n) is 8.12. The van der Waals surface area contributed by atoms with Crippen molar-refractivity contribution in [1.29, 1.82) is 5.26 Å².